The third-order valence-corrected chi connectivity index (χ3v) is 3.95. The molecule has 2 aromatic rings. The first kappa shape index (κ1) is 13.0. The van der Waals surface area contributed by atoms with Crippen LogP contribution in [0.4, 0.5) is 17.2 Å². The number of benzene rings is 1. The van der Waals surface area contributed by atoms with E-state index in [2.05, 4.69) is 45.9 Å². The van der Waals surface area contributed by atoms with Gasteiger partial charge in [0.05, 0.1) is 11.4 Å². The van der Waals surface area contributed by atoms with Gasteiger partial charge in [-0.15, -0.1) is 0 Å². The summed E-state index contributed by atoms with van der Waals surface area (Å²) in [5.41, 5.74) is 10.7. The molecule has 2 heterocycles. The van der Waals surface area contributed by atoms with Gasteiger partial charge in [-0.2, -0.15) is 5.10 Å². The molecule has 1 aliphatic rings. The summed E-state index contributed by atoms with van der Waals surface area (Å²) in [4.78, 5) is 2.34. The largest absolute Gasteiger partial charge is 0.394 e. The van der Waals surface area contributed by atoms with E-state index in [4.69, 9.17) is 5.73 Å². The molecule has 0 radical (unpaired) electrons. The fourth-order valence-electron chi connectivity index (χ4n) is 2.99. The Morgan fingerprint density at radius 3 is 2.90 bits per heavy atom. The van der Waals surface area contributed by atoms with Gasteiger partial charge in [-0.25, -0.2) is 4.68 Å². The molecule has 0 aliphatic carbocycles. The lowest BCUT2D eigenvalue weighted by atomic mass is 10.0. The molecule has 0 atom stereocenters. The summed E-state index contributed by atoms with van der Waals surface area (Å²) in [7, 11) is 0. The highest BCUT2D eigenvalue weighted by molar-refractivity contribution is 5.75. The fourth-order valence-corrected chi connectivity index (χ4v) is 2.99. The number of hydrogen-bond acceptors (Lipinski definition) is 3. The number of nitrogens with two attached hydrogens (primary N) is 1. The van der Waals surface area contributed by atoms with E-state index in [-0.39, 0.29) is 0 Å². The quantitative estimate of drug-likeness (QED) is 0.931. The summed E-state index contributed by atoms with van der Waals surface area (Å²) in [6.07, 6.45) is 3.36. The van der Waals surface area contributed by atoms with Crippen molar-refractivity contribution in [3.8, 4) is 0 Å². The smallest absolute Gasteiger partial charge is 0.155 e. The zero-order valence-electron chi connectivity index (χ0n) is 12.3. The van der Waals surface area contributed by atoms with Gasteiger partial charge in [-0.3, -0.25) is 0 Å². The molecule has 4 heteroatoms. The van der Waals surface area contributed by atoms with Gasteiger partial charge in [0.2, 0.25) is 0 Å². The van der Waals surface area contributed by atoms with Crippen molar-refractivity contribution < 1.29 is 0 Å². The maximum absolute atomic E-state index is 6.30. The van der Waals surface area contributed by atoms with E-state index in [0.717, 1.165) is 49.6 Å². The van der Waals surface area contributed by atoms with Crippen LogP contribution in [-0.2, 0) is 13.0 Å². The first-order valence-corrected chi connectivity index (χ1v) is 7.40. The lowest BCUT2D eigenvalue weighted by Crippen LogP contribution is -2.27. The zero-order valence-corrected chi connectivity index (χ0v) is 12.3. The molecule has 0 unspecified atom stereocenters. The topological polar surface area (TPSA) is 47.1 Å². The second kappa shape index (κ2) is 5.19. The summed E-state index contributed by atoms with van der Waals surface area (Å²) in [5, 5.41) is 4.60. The van der Waals surface area contributed by atoms with E-state index in [1.807, 2.05) is 6.92 Å². The molecule has 1 aromatic heterocycles. The van der Waals surface area contributed by atoms with Gasteiger partial charge in [0.15, 0.2) is 5.82 Å². The molecule has 0 saturated carbocycles. The van der Waals surface area contributed by atoms with Gasteiger partial charge in [0.25, 0.3) is 0 Å². The molecule has 0 bridgehead atoms. The van der Waals surface area contributed by atoms with E-state index >= 15 is 0 Å². The highest BCUT2D eigenvalue weighted by Gasteiger charge is 2.24. The lowest BCUT2D eigenvalue weighted by Gasteiger charge is -2.31. The van der Waals surface area contributed by atoms with Crippen LogP contribution in [0.1, 0.15) is 31.0 Å². The number of hydrogen-bond donors (Lipinski definition) is 1. The van der Waals surface area contributed by atoms with Gasteiger partial charge in [-0.1, -0.05) is 25.1 Å². The van der Waals surface area contributed by atoms with E-state index in [0.29, 0.717) is 0 Å². The van der Waals surface area contributed by atoms with Crippen LogP contribution in [-0.4, -0.2) is 16.3 Å². The number of nitrogens with zero attached hydrogens (tertiary/aromatic N) is 3. The molecule has 0 saturated heterocycles. The highest BCUT2D eigenvalue weighted by atomic mass is 15.4. The van der Waals surface area contributed by atoms with Crippen LogP contribution in [0.5, 0.6) is 0 Å². The molecule has 1 aliphatic heterocycles. The Morgan fingerprint density at radius 2 is 2.10 bits per heavy atom. The average molecular weight is 270 g/mol. The standard InChI is InChI=1S/C16H22N4/c1-3-10-20-16(15(17)12(2)18-20)19-11-6-8-13-7-4-5-9-14(13)19/h4-5,7,9H,3,6,8,10-11,17H2,1-2H3. The molecule has 106 valence electrons. The van der Waals surface area contributed by atoms with Crippen LogP contribution in [0, 0.1) is 6.92 Å². The minimum atomic E-state index is 0.815. The normalized spacial score (nSPS) is 14.4. The molecule has 3 rings (SSSR count). The third kappa shape index (κ3) is 2.05. The predicted octanol–water partition coefficient (Wildman–Crippen LogP) is 3.27. The van der Waals surface area contributed by atoms with Gasteiger partial charge < -0.3 is 10.6 Å². The zero-order chi connectivity index (χ0) is 14.1. The Kier molecular flexibility index (Phi) is 3.38. The van der Waals surface area contributed by atoms with Gasteiger partial charge in [0, 0.05) is 18.8 Å². The van der Waals surface area contributed by atoms with E-state index in [9.17, 15) is 0 Å². The van der Waals surface area contributed by atoms with E-state index < -0.39 is 0 Å². The van der Waals surface area contributed by atoms with Gasteiger partial charge in [-0.05, 0) is 37.8 Å². The number of fused-ring (bicyclic) bond motifs is 1. The maximum atomic E-state index is 6.30. The minimum absolute atomic E-state index is 0.815. The lowest BCUT2D eigenvalue weighted by molar-refractivity contribution is 0.590. The molecule has 0 spiro atoms. The molecule has 0 fully saturated rings. The van der Waals surface area contributed by atoms with Gasteiger partial charge in [0.1, 0.15) is 0 Å². The number of anilines is 3. The van der Waals surface area contributed by atoms with Crippen molar-refractivity contribution in [1.29, 1.82) is 0 Å². The average Bonchev–Trinajstić information content (AvgIpc) is 2.74. The van der Waals surface area contributed by atoms with Crippen LogP contribution in [0.15, 0.2) is 24.3 Å². The first-order valence-electron chi connectivity index (χ1n) is 7.40. The highest BCUT2D eigenvalue weighted by Crippen LogP contribution is 2.37. The van der Waals surface area contributed by atoms with Crippen molar-refractivity contribution in [3.63, 3.8) is 0 Å². The fraction of sp³-hybridized carbons (Fsp3) is 0.438. The number of nitrogen functional groups attached to an aromatic ring is 1. The Morgan fingerprint density at radius 1 is 1.30 bits per heavy atom. The Labute approximate surface area is 120 Å². The first-order chi connectivity index (χ1) is 9.72. The van der Waals surface area contributed by atoms with E-state index in [1.54, 1.807) is 0 Å². The van der Waals surface area contributed by atoms with Crippen molar-refractivity contribution >= 4 is 17.2 Å². The van der Waals surface area contributed by atoms with Crippen LogP contribution >= 0.6 is 0 Å². The summed E-state index contributed by atoms with van der Waals surface area (Å²) in [6, 6.07) is 8.61. The number of aromatic nitrogens is 2. The summed E-state index contributed by atoms with van der Waals surface area (Å²) in [6.45, 7) is 6.07. The van der Waals surface area contributed by atoms with Crippen LogP contribution in [0.2, 0.25) is 0 Å². The van der Waals surface area contributed by atoms with Crippen LogP contribution in [0.25, 0.3) is 0 Å². The molecule has 20 heavy (non-hydrogen) atoms. The van der Waals surface area contributed by atoms with Crippen molar-refractivity contribution in [2.45, 2.75) is 39.7 Å². The van der Waals surface area contributed by atoms with Crippen LogP contribution in [0.3, 0.4) is 0 Å². The number of aryl methyl sites for hydroxylation is 3. The Hall–Kier alpha value is -1.97. The molecular formula is C16H22N4. The molecule has 4 nitrogen and oxygen atoms in total. The monoisotopic (exact) mass is 270 g/mol. The van der Waals surface area contributed by atoms with Crippen molar-refractivity contribution in [2.24, 2.45) is 0 Å². The molecule has 1 aromatic carbocycles. The SMILES string of the molecule is CCCn1nc(C)c(N)c1N1CCCc2ccccc21. The maximum Gasteiger partial charge on any atom is 0.155 e. The van der Waals surface area contributed by atoms with E-state index in [1.165, 1.54) is 11.3 Å². The molecule has 0 amide bonds. The summed E-state index contributed by atoms with van der Waals surface area (Å²) >= 11 is 0. The summed E-state index contributed by atoms with van der Waals surface area (Å²) in [5.74, 6) is 1.07. The second-order valence-electron chi connectivity index (χ2n) is 5.43. The van der Waals surface area contributed by atoms with Gasteiger partial charge >= 0.3 is 0 Å². The van der Waals surface area contributed by atoms with Crippen LogP contribution < -0.4 is 10.6 Å². The third-order valence-electron chi connectivity index (χ3n) is 3.95. The summed E-state index contributed by atoms with van der Waals surface area (Å²) < 4.78 is 2.06. The predicted molar refractivity (Wildman–Crippen MR) is 83.4 cm³/mol. The number of rotatable bonds is 3. The molecular weight excluding hydrogens is 248 g/mol. The number of para-hydroxylation sites is 1. The van der Waals surface area contributed by atoms with Crippen molar-refractivity contribution in [1.82, 2.24) is 9.78 Å². The Bertz CT molecular complexity index is 615. The minimum Gasteiger partial charge on any atom is -0.394 e. The Balaban J connectivity index is 2.10. The van der Waals surface area contributed by atoms with Crippen molar-refractivity contribution in [2.75, 3.05) is 17.2 Å². The molecule has 2 N–H and O–H groups in total. The van der Waals surface area contributed by atoms with Crippen molar-refractivity contribution in [3.05, 3.63) is 35.5 Å². The second-order valence-corrected chi connectivity index (χ2v) is 5.43.